The van der Waals surface area contributed by atoms with Gasteiger partial charge in [-0.15, -0.1) is 0 Å². The van der Waals surface area contributed by atoms with Gasteiger partial charge in [0.15, 0.2) is 11.6 Å². The number of aromatic nitrogens is 4. The SMILES string of the molecule is CONC(=O)c1c(C)cc(-c2cnc(N)c(Oc3cnn(C4CCN(C)CC4)c3)n2)cc1C. The predicted octanol–water partition coefficient (Wildman–Crippen LogP) is 2.89. The molecule has 0 bridgehead atoms. The van der Waals surface area contributed by atoms with Gasteiger partial charge in [-0.05, 0) is 70.1 Å². The second-order valence-electron chi connectivity index (χ2n) is 8.36. The number of carbonyl (C=O) groups excluding carboxylic acids is 1. The summed E-state index contributed by atoms with van der Waals surface area (Å²) in [5.74, 6) is 0.668. The fourth-order valence-electron chi connectivity index (χ4n) is 4.15. The highest BCUT2D eigenvalue weighted by atomic mass is 16.6. The van der Waals surface area contributed by atoms with Crippen LogP contribution in [0.2, 0.25) is 0 Å². The molecule has 174 valence electrons. The lowest BCUT2D eigenvalue weighted by atomic mass is 9.97. The molecule has 0 aliphatic carbocycles. The van der Waals surface area contributed by atoms with Crippen LogP contribution in [0.3, 0.4) is 0 Å². The number of hydrogen-bond donors (Lipinski definition) is 2. The maximum atomic E-state index is 12.3. The lowest BCUT2D eigenvalue weighted by molar-refractivity contribution is 0.0536. The van der Waals surface area contributed by atoms with Crippen molar-refractivity contribution in [2.24, 2.45) is 0 Å². The molecule has 3 aromatic rings. The van der Waals surface area contributed by atoms with E-state index in [4.69, 9.17) is 15.3 Å². The number of nitrogens with one attached hydrogen (secondary N) is 1. The van der Waals surface area contributed by atoms with Gasteiger partial charge in [-0.3, -0.25) is 14.3 Å². The third-order valence-corrected chi connectivity index (χ3v) is 5.87. The van der Waals surface area contributed by atoms with Crippen molar-refractivity contribution in [3.05, 3.63) is 47.4 Å². The molecule has 1 aliphatic rings. The fourth-order valence-corrected chi connectivity index (χ4v) is 4.15. The molecule has 33 heavy (non-hydrogen) atoms. The van der Waals surface area contributed by atoms with Gasteiger partial charge in [0, 0.05) is 11.1 Å². The Hall–Kier alpha value is -3.50. The first-order valence-corrected chi connectivity index (χ1v) is 10.8. The van der Waals surface area contributed by atoms with Crippen LogP contribution in [0, 0.1) is 13.8 Å². The van der Waals surface area contributed by atoms with Gasteiger partial charge >= 0.3 is 0 Å². The molecule has 10 heteroatoms. The van der Waals surface area contributed by atoms with E-state index in [1.807, 2.05) is 36.9 Å². The molecule has 3 N–H and O–H groups in total. The van der Waals surface area contributed by atoms with Crippen LogP contribution in [-0.2, 0) is 4.84 Å². The van der Waals surface area contributed by atoms with Gasteiger partial charge in [0.1, 0.15) is 0 Å². The Labute approximate surface area is 192 Å². The number of amides is 1. The normalized spacial score (nSPS) is 14.9. The first-order chi connectivity index (χ1) is 15.9. The number of benzene rings is 1. The maximum Gasteiger partial charge on any atom is 0.275 e. The number of carbonyl (C=O) groups is 1. The van der Waals surface area contributed by atoms with E-state index in [1.54, 1.807) is 12.4 Å². The van der Waals surface area contributed by atoms with Gasteiger partial charge in [0.2, 0.25) is 0 Å². The van der Waals surface area contributed by atoms with Crippen LogP contribution in [0.4, 0.5) is 5.82 Å². The number of nitrogens with two attached hydrogens (primary N) is 1. The summed E-state index contributed by atoms with van der Waals surface area (Å²) in [6.45, 7) is 5.82. The summed E-state index contributed by atoms with van der Waals surface area (Å²) in [4.78, 5) is 28.2. The Morgan fingerprint density at radius 1 is 1.18 bits per heavy atom. The summed E-state index contributed by atoms with van der Waals surface area (Å²) < 4.78 is 7.90. The minimum Gasteiger partial charge on any atom is -0.433 e. The van der Waals surface area contributed by atoms with E-state index in [2.05, 4.69) is 32.5 Å². The lowest BCUT2D eigenvalue weighted by Gasteiger charge is -2.28. The molecule has 1 fully saturated rings. The zero-order valence-electron chi connectivity index (χ0n) is 19.3. The van der Waals surface area contributed by atoms with Crippen molar-refractivity contribution in [3.8, 4) is 22.9 Å². The van der Waals surface area contributed by atoms with Crippen molar-refractivity contribution in [2.45, 2.75) is 32.7 Å². The highest BCUT2D eigenvalue weighted by molar-refractivity contribution is 5.97. The molecule has 1 aromatic carbocycles. The summed E-state index contributed by atoms with van der Waals surface area (Å²) >= 11 is 0. The topological polar surface area (TPSA) is 120 Å². The Morgan fingerprint density at radius 2 is 1.88 bits per heavy atom. The predicted molar refractivity (Wildman–Crippen MR) is 124 cm³/mol. The van der Waals surface area contributed by atoms with Crippen LogP contribution >= 0.6 is 0 Å². The third-order valence-electron chi connectivity index (χ3n) is 5.87. The van der Waals surface area contributed by atoms with E-state index in [0.29, 0.717) is 23.0 Å². The molecule has 0 spiro atoms. The number of aryl methyl sites for hydroxylation is 2. The molecule has 0 radical (unpaired) electrons. The minimum absolute atomic E-state index is 0.190. The molecule has 2 aromatic heterocycles. The zero-order valence-corrected chi connectivity index (χ0v) is 19.3. The van der Waals surface area contributed by atoms with Crippen LogP contribution in [0.15, 0.2) is 30.7 Å². The number of hydrogen-bond acceptors (Lipinski definition) is 8. The molecule has 3 heterocycles. The van der Waals surface area contributed by atoms with Crippen molar-refractivity contribution in [2.75, 3.05) is 33.0 Å². The smallest absolute Gasteiger partial charge is 0.275 e. The minimum atomic E-state index is -0.298. The Bertz CT molecular complexity index is 1130. The molecule has 1 saturated heterocycles. The second kappa shape index (κ2) is 9.55. The largest absolute Gasteiger partial charge is 0.433 e. The fraction of sp³-hybridized carbons (Fsp3) is 0.391. The van der Waals surface area contributed by atoms with Gasteiger partial charge in [-0.2, -0.15) is 5.10 Å². The van der Waals surface area contributed by atoms with Crippen LogP contribution in [0.1, 0.15) is 40.4 Å². The van der Waals surface area contributed by atoms with Crippen molar-refractivity contribution < 1.29 is 14.4 Å². The number of piperidine rings is 1. The second-order valence-corrected chi connectivity index (χ2v) is 8.36. The number of nitrogens with zero attached hydrogens (tertiary/aromatic N) is 5. The Balaban J connectivity index is 1.56. The van der Waals surface area contributed by atoms with Crippen LogP contribution in [0.25, 0.3) is 11.3 Å². The van der Waals surface area contributed by atoms with Crippen molar-refractivity contribution in [1.82, 2.24) is 30.1 Å². The maximum absolute atomic E-state index is 12.3. The van der Waals surface area contributed by atoms with Crippen LogP contribution in [-0.4, -0.2) is 57.8 Å². The quantitative estimate of drug-likeness (QED) is 0.549. The molecule has 4 rings (SSSR count). The molecule has 0 unspecified atom stereocenters. The monoisotopic (exact) mass is 451 g/mol. The first kappa shape index (κ1) is 22.7. The molecule has 1 amide bonds. The van der Waals surface area contributed by atoms with Crippen molar-refractivity contribution >= 4 is 11.7 Å². The van der Waals surface area contributed by atoms with Gasteiger partial charge < -0.3 is 15.4 Å². The Morgan fingerprint density at radius 3 is 2.55 bits per heavy atom. The van der Waals surface area contributed by atoms with E-state index in [0.717, 1.165) is 42.6 Å². The zero-order chi connectivity index (χ0) is 23.5. The number of likely N-dealkylation sites (tertiary alicyclic amines) is 1. The number of hydroxylamine groups is 1. The van der Waals surface area contributed by atoms with Crippen LogP contribution < -0.4 is 16.0 Å². The molecular weight excluding hydrogens is 422 g/mol. The van der Waals surface area contributed by atoms with Gasteiger partial charge in [0.25, 0.3) is 11.8 Å². The summed E-state index contributed by atoms with van der Waals surface area (Å²) in [6, 6.07) is 4.10. The molecule has 10 nitrogen and oxygen atoms in total. The molecule has 1 aliphatic heterocycles. The molecule has 0 atom stereocenters. The van der Waals surface area contributed by atoms with Gasteiger partial charge in [-0.1, -0.05) is 0 Å². The van der Waals surface area contributed by atoms with E-state index in [1.165, 1.54) is 7.11 Å². The first-order valence-electron chi connectivity index (χ1n) is 10.8. The standard InChI is InChI=1S/C23H29N7O3/c1-14-9-16(10-15(2)20(14)22(31)28-32-4)19-12-25-21(24)23(27-19)33-18-11-26-30(13-18)17-5-7-29(3)8-6-17/h9-13,17H,5-8H2,1-4H3,(H2,24,25)(H,28,31). The number of anilines is 1. The lowest BCUT2D eigenvalue weighted by Crippen LogP contribution is -2.31. The third kappa shape index (κ3) is 4.96. The van der Waals surface area contributed by atoms with E-state index in [9.17, 15) is 4.79 Å². The van der Waals surface area contributed by atoms with E-state index < -0.39 is 0 Å². The highest BCUT2D eigenvalue weighted by Gasteiger charge is 2.20. The average molecular weight is 452 g/mol. The Kier molecular flexibility index (Phi) is 6.57. The molecular formula is C23H29N7O3. The van der Waals surface area contributed by atoms with E-state index >= 15 is 0 Å². The molecule has 0 saturated carbocycles. The van der Waals surface area contributed by atoms with E-state index in [-0.39, 0.29) is 17.6 Å². The number of rotatable bonds is 6. The van der Waals surface area contributed by atoms with Crippen LogP contribution in [0.5, 0.6) is 11.6 Å². The summed E-state index contributed by atoms with van der Waals surface area (Å²) in [6.07, 6.45) is 7.23. The van der Waals surface area contributed by atoms with Gasteiger partial charge in [0.05, 0.1) is 37.4 Å². The summed E-state index contributed by atoms with van der Waals surface area (Å²) in [5, 5.41) is 4.47. The highest BCUT2D eigenvalue weighted by Crippen LogP contribution is 2.30. The number of nitrogen functional groups attached to an aromatic ring is 1. The summed E-state index contributed by atoms with van der Waals surface area (Å²) in [5.41, 5.74) is 11.9. The van der Waals surface area contributed by atoms with Crippen molar-refractivity contribution in [3.63, 3.8) is 0 Å². The van der Waals surface area contributed by atoms with Crippen molar-refractivity contribution in [1.29, 1.82) is 0 Å². The van der Waals surface area contributed by atoms with Gasteiger partial charge in [-0.25, -0.2) is 15.4 Å². The summed E-state index contributed by atoms with van der Waals surface area (Å²) in [7, 11) is 3.53. The average Bonchev–Trinajstić information content (AvgIpc) is 3.24. The number of ether oxygens (including phenoxy) is 1.